The Morgan fingerprint density at radius 1 is 1.19 bits per heavy atom. The molecule has 7 nitrogen and oxygen atoms in total. The smallest absolute Gasteiger partial charge is 0.226 e. The van der Waals surface area contributed by atoms with Crippen LogP contribution in [0.15, 0.2) is 46.9 Å². The number of carbonyl (C=O) groups is 2. The van der Waals surface area contributed by atoms with Crippen molar-refractivity contribution in [2.75, 3.05) is 17.2 Å². The summed E-state index contributed by atoms with van der Waals surface area (Å²) in [5.74, 6) is 2.05. The standard InChI is InChI=1S/C24H25N3O4/c1-15-16(2)31-24(25-15)18-5-3-6-19(13-18)26-22(28)7-4-12-30-20-9-10-21-17(14-20)8-11-23(29)27-21/h3,5-6,9-10,13-14H,4,7-8,11-12H2,1-2H3,(H,26,28)(H,27,29). The molecule has 0 saturated heterocycles. The molecule has 160 valence electrons. The van der Waals surface area contributed by atoms with Gasteiger partial charge in [0.1, 0.15) is 11.5 Å². The molecule has 0 atom stereocenters. The van der Waals surface area contributed by atoms with E-state index in [0.29, 0.717) is 43.9 Å². The molecule has 1 aliphatic heterocycles. The van der Waals surface area contributed by atoms with Crippen LogP contribution in [0, 0.1) is 13.8 Å². The summed E-state index contributed by atoms with van der Waals surface area (Å²) in [5, 5.41) is 5.77. The zero-order valence-electron chi connectivity index (χ0n) is 17.7. The van der Waals surface area contributed by atoms with E-state index in [4.69, 9.17) is 9.15 Å². The monoisotopic (exact) mass is 419 g/mol. The van der Waals surface area contributed by atoms with Crippen molar-refractivity contribution in [2.24, 2.45) is 0 Å². The van der Waals surface area contributed by atoms with Crippen molar-refractivity contribution in [1.29, 1.82) is 0 Å². The molecule has 7 heteroatoms. The molecular formula is C24H25N3O4. The van der Waals surface area contributed by atoms with Gasteiger partial charge in [-0.2, -0.15) is 0 Å². The van der Waals surface area contributed by atoms with Crippen molar-refractivity contribution >= 4 is 23.2 Å². The van der Waals surface area contributed by atoms with Crippen LogP contribution in [0.25, 0.3) is 11.5 Å². The lowest BCUT2D eigenvalue weighted by molar-refractivity contribution is -0.117. The van der Waals surface area contributed by atoms with Gasteiger partial charge in [0.2, 0.25) is 17.7 Å². The fourth-order valence-corrected chi connectivity index (χ4v) is 3.42. The molecule has 0 saturated carbocycles. The molecule has 2 amide bonds. The Kier molecular flexibility index (Phi) is 6.02. The van der Waals surface area contributed by atoms with E-state index in [-0.39, 0.29) is 11.8 Å². The Bertz CT molecular complexity index is 1100. The van der Waals surface area contributed by atoms with E-state index < -0.39 is 0 Å². The van der Waals surface area contributed by atoms with Crippen molar-refractivity contribution in [3.63, 3.8) is 0 Å². The lowest BCUT2D eigenvalue weighted by Crippen LogP contribution is -2.18. The summed E-state index contributed by atoms with van der Waals surface area (Å²) in [6.45, 7) is 4.22. The number of ether oxygens (including phenoxy) is 1. The number of amides is 2. The van der Waals surface area contributed by atoms with Crippen molar-refractivity contribution in [3.05, 3.63) is 59.5 Å². The van der Waals surface area contributed by atoms with Gasteiger partial charge in [-0.05, 0) is 68.7 Å². The third-order valence-corrected chi connectivity index (χ3v) is 5.21. The maximum Gasteiger partial charge on any atom is 0.226 e. The minimum Gasteiger partial charge on any atom is -0.494 e. The number of nitrogens with zero attached hydrogens (tertiary/aromatic N) is 1. The number of oxazole rings is 1. The summed E-state index contributed by atoms with van der Waals surface area (Å²) in [5.41, 5.74) is 4.30. The number of hydrogen-bond donors (Lipinski definition) is 2. The van der Waals surface area contributed by atoms with Gasteiger partial charge in [0.25, 0.3) is 0 Å². The molecule has 2 heterocycles. The van der Waals surface area contributed by atoms with Gasteiger partial charge >= 0.3 is 0 Å². The lowest BCUT2D eigenvalue weighted by atomic mass is 10.0. The number of aryl methyl sites for hydroxylation is 3. The molecular weight excluding hydrogens is 394 g/mol. The van der Waals surface area contributed by atoms with E-state index in [1.807, 2.05) is 56.3 Å². The molecule has 4 rings (SSSR count). The lowest BCUT2D eigenvalue weighted by Gasteiger charge is -2.17. The van der Waals surface area contributed by atoms with E-state index in [1.165, 1.54) is 0 Å². The van der Waals surface area contributed by atoms with Crippen LogP contribution < -0.4 is 15.4 Å². The molecule has 0 fully saturated rings. The van der Waals surface area contributed by atoms with Crippen molar-refractivity contribution in [3.8, 4) is 17.2 Å². The van der Waals surface area contributed by atoms with E-state index >= 15 is 0 Å². The molecule has 1 aromatic heterocycles. The Morgan fingerprint density at radius 3 is 2.87 bits per heavy atom. The third kappa shape index (κ3) is 5.12. The van der Waals surface area contributed by atoms with Crippen LogP contribution in [-0.2, 0) is 16.0 Å². The predicted molar refractivity (Wildman–Crippen MR) is 118 cm³/mol. The van der Waals surface area contributed by atoms with Crippen molar-refractivity contribution in [2.45, 2.75) is 39.5 Å². The second-order valence-corrected chi connectivity index (χ2v) is 7.61. The zero-order chi connectivity index (χ0) is 21.8. The van der Waals surface area contributed by atoms with Gasteiger partial charge in [-0.15, -0.1) is 0 Å². The Morgan fingerprint density at radius 2 is 2.06 bits per heavy atom. The summed E-state index contributed by atoms with van der Waals surface area (Å²) < 4.78 is 11.4. The Labute approximate surface area is 180 Å². The van der Waals surface area contributed by atoms with Crippen LogP contribution >= 0.6 is 0 Å². The van der Waals surface area contributed by atoms with Crippen LogP contribution in [0.1, 0.15) is 36.3 Å². The highest BCUT2D eigenvalue weighted by Crippen LogP contribution is 2.27. The van der Waals surface area contributed by atoms with Crippen molar-refractivity contribution < 1.29 is 18.7 Å². The summed E-state index contributed by atoms with van der Waals surface area (Å²) in [7, 11) is 0. The number of benzene rings is 2. The second kappa shape index (κ2) is 9.04. The molecule has 0 unspecified atom stereocenters. The van der Waals surface area contributed by atoms with E-state index in [1.54, 1.807) is 0 Å². The average molecular weight is 419 g/mol. The molecule has 3 aromatic rings. The summed E-state index contributed by atoms with van der Waals surface area (Å²) in [6, 6.07) is 13.1. The highest BCUT2D eigenvalue weighted by molar-refractivity contribution is 5.94. The molecule has 2 N–H and O–H groups in total. The van der Waals surface area contributed by atoms with Crippen LogP contribution in [-0.4, -0.2) is 23.4 Å². The number of carbonyl (C=O) groups excluding carboxylic acids is 2. The first-order valence-corrected chi connectivity index (χ1v) is 10.4. The van der Waals surface area contributed by atoms with Gasteiger partial charge in [0, 0.05) is 29.8 Å². The number of hydrogen-bond acceptors (Lipinski definition) is 5. The first-order valence-electron chi connectivity index (χ1n) is 10.4. The van der Waals surface area contributed by atoms with Crippen LogP contribution in [0.5, 0.6) is 5.75 Å². The van der Waals surface area contributed by atoms with Gasteiger partial charge in [-0.25, -0.2) is 4.98 Å². The largest absolute Gasteiger partial charge is 0.494 e. The minimum atomic E-state index is -0.0753. The summed E-state index contributed by atoms with van der Waals surface area (Å²) in [6.07, 6.45) is 2.15. The average Bonchev–Trinajstić information content (AvgIpc) is 3.10. The van der Waals surface area contributed by atoms with E-state index in [9.17, 15) is 9.59 Å². The highest BCUT2D eigenvalue weighted by Gasteiger charge is 2.15. The highest BCUT2D eigenvalue weighted by atomic mass is 16.5. The SMILES string of the molecule is Cc1nc(-c2cccc(NC(=O)CCCOc3ccc4c(c3)CCC(=O)N4)c2)oc1C. The first-order chi connectivity index (χ1) is 15.0. The van der Waals surface area contributed by atoms with Crippen LogP contribution in [0.2, 0.25) is 0 Å². The molecule has 2 aromatic carbocycles. The number of fused-ring (bicyclic) bond motifs is 1. The maximum absolute atomic E-state index is 12.3. The van der Waals surface area contributed by atoms with E-state index in [2.05, 4.69) is 15.6 Å². The van der Waals surface area contributed by atoms with Crippen LogP contribution in [0.4, 0.5) is 11.4 Å². The maximum atomic E-state index is 12.3. The van der Waals surface area contributed by atoms with Gasteiger partial charge in [0.05, 0.1) is 12.3 Å². The molecule has 0 radical (unpaired) electrons. The zero-order valence-corrected chi connectivity index (χ0v) is 17.7. The number of anilines is 2. The van der Waals surface area contributed by atoms with Gasteiger partial charge in [-0.1, -0.05) is 6.07 Å². The fraction of sp³-hybridized carbons (Fsp3) is 0.292. The number of rotatable bonds is 7. The van der Waals surface area contributed by atoms with Crippen molar-refractivity contribution in [1.82, 2.24) is 4.98 Å². The molecule has 0 spiro atoms. The minimum absolute atomic E-state index is 0.0448. The van der Waals surface area contributed by atoms with Gasteiger partial charge in [-0.3, -0.25) is 9.59 Å². The molecule has 0 bridgehead atoms. The topological polar surface area (TPSA) is 93.5 Å². The second-order valence-electron chi connectivity index (χ2n) is 7.61. The quantitative estimate of drug-likeness (QED) is 0.544. The van der Waals surface area contributed by atoms with Gasteiger partial charge in [0.15, 0.2) is 0 Å². The van der Waals surface area contributed by atoms with Crippen LogP contribution in [0.3, 0.4) is 0 Å². The fourth-order valence-electron chi connectivity index (χ4n) is 3.42. The molecule has 1 aliphatic rings. The predicted octanol–water partition coefficient (Wildman–Crippen LogP) is 4.64. The van der Waals surface area contributed by atoms with E-state index in [0.717, 1.165) is 34.0 Å². The molecule has 31 heavy (non-hydrogen) atoms. The Hall–Kier alpha value is -3.61. The number of aromatic nitrogens is 1. The first kappa shape index (κ1) is 20.7. The normalized spacial score (nSPS) is 12.8. The Balaban J connectivity index is 1.25. The summed E-state index contributed by atoms with van der Waals surface area (Å²) >= 11 is 0. The number of nitrogens with one attached hydrogen (secondary N) is 2. The van der Waals surface area contributed by atoms with Gasteiger partial charge < -0.3 is 19.8 Å². The molecule has 0 aliphatic carbocycles. The third-order valence-electron chi connectivity index (χ3n) is 5.21. The summed E-state index contributed by atoms with van der Waals surface area (Å²) in [4.78, 5) is 28.1.